The maximum absolute atomic E-state index is 10.8. The summed E-state index contributed by atoms with van der Waals surface area (Å²) in [6.45, 7) is 4.71. The highest BCUT2D eigenvalue weighted by Crippen LogP contribution is 2.12. The molecule has 4 nitrogen and oxygen atoms in total. The number of benzene rings is 1. The molecule has 100 valence electrons. The summed E-state index contributed by atoms with van der Waals surface area (Å²) in [6.07, 6.45) is 0.147. The lowest BCUT2D eigenvalue weighted by Gasteiger charge is -2.20. The Morgan fingerprint density at radius 1 is 1.33 bits per heavy atom. The zero-order valence-electron chi connectivity index (χ0n) is 11.1. The molecular formula is C14H21NO3. The van der Waals surface area contributed by atoms with Gasteiger partial charge in [-0.2, -0.15) is 0 Å². The number of carboxylic acid groups (broad SMARTS) is 1. The molecule has 0 fully saturated rings. The van der Waals surface area contributed by atoms with Crippen LogP contribution in [0.25, 0.3) is 0 Å². The zero-order chi connectivity index (χ0) is 13.5. The average molecular weight is 251 g/mol. The van der Waals surface area contributed by atoms with Gasteiger partial charge in [-0.05, 0) is 23.6 Å². The van der Waals surface area contributed by atoms with Crippen LogP contribution in [0.5, 0.6) is 5.75 Å². The lowest BCUT2D eigenvalue weighted by atomic mass is 10.0. The molecule has 0 radical (unpaired) electrons. The summed E-state index contributed by atoms with van der Waals surface area (Å²) in [4.78, 5) is 10.8. The fourth-order valence-electron chi connectivity index (χ4n) is 1.72. The van der Waals surface area contributed by atoms with E-state index in [1.54, 1.807) is 7.11 Å². The van der Waals surface area contributed by atoms with E-state index in [-0.39, 0.29) is 12.5 Å². The van der Waals surface area contributed by atoms with Gasteiger partial charge in [0.2, 0.25) is 0 Å². The summed E-state index contributed by atoms with van der Waals surface area (Å²) in [5.74, 6) is 0.347. The molecule has 1 aromatic carbocycles. The van der Waals surface area contributed by atoms with Gasteiger partial charge in [0.1, 0.15) is 5.75 Å². The second-order valence-electron chi connectivity index (χ2n) is 4.68. The number of methoxy groups -OCH3 is 1. The molecule has 0 unspecified atom stereocenters. The molecular weight excluding hydrogens is 230 g/mol. The van der Waals surface area contributed by atoms with Gasteiger partial charge in [-0.15, -0.1) is 0 Å². The lowest BCUT2D eigenvalue weighted by molar-refractivity contribution is -0.137. The van der Waals surface area contributed by atoms with E-state index in [2.05, 4.69) is 5.32 Å². The molecule has 0 saturated carbocycles. The standard InChI is InChI=1S/C14H21NO3/c1-10(2)13(8-14(16)17)15-9-11-4-6-12(18-3)7-5-11/h4-7,10,13,15H,8-9H2,1-3H3,(H,16,17)/t13-/m1/s1. The Hall–Kier alpha value is -1.55. The first-order valence-electron chi connectivity index (χ1n) is 6.11. The van der Waals surface area contributed by atoms with Crippen LogP contribution >= 0.6 is 0 Å². The van der Waals surface area contributed by atoms with Gasteiger partial charge in [-0.3, -0.25) is 4.79 Å². The van der Waals surface area contributed by atoms with Crippen LogP contribution in [0, 0.1) is 5.92 Å². The van der Waals surface area contributed by atoms with E-state index in [0.717, 1.165) is 11.3 Å². The summed E-state index contributed by atoms with van der Waals surface area (Å²) in [5.41, 5.74) is 1.12. The number of ether oxygens (including phenoxy) is 1. The van der Waals surface area contributed by atoms with E-state index in [1.807, 2.05) is 38.1 Å². The van der Waals surface area contributed by atoms with E-state index in [9.17, 15) is 4.79 Å². The van der Waals surface area contributed by atoms with Crippen LogP contribution in [0.1, 0.15) is 25.8 Å². The number of rotatable bonds is 7. The van der Waals surface area contributed by atoms with Gasteiger partial charge in [0.05, 0.1) is 13.5 Å². The topological polar surface area (TPSA) is 58.6 Å². The number of nitrogens with one attached hydrogen (secondary N) is 1. The van der Waals surface area contributed by atoms with E-state index >= 15 is 0 Å². The van der Waals surface area contributed by atoms with Crippen LogP contribution in [-0.2, 0) is 11.3 Å². The molecule has 1 rings (SSSR count). The van der Waals surface area contributed by atoms with Crippen molar-refractivity contribution in [3.8, 4) is 5.75 Å². The lowest BCUT2D eigenvalue weighted by Crippen LogP contribution is -2.35. The molecule has 0 heterocycles. The van der Waals surface area contributed by atoms with Gasteiger partial charge < -0.3 is 15.2 Å². The van der Waals surface area contributed by atoms with E-state index < -0.39 is 5.97 Å². The molecule has 0 aliphatic rings. The SMILES string of the molecule is COc1ccc(CN[C@H](CC(=O)O)C(C)C)cc1. The minimum Gasteiger partial charge on any atom is -0.497 e. The molecule has 0 aliphatic heterocycles. The molecule has 0 amide bonds. The van der Waals surface area contributed by atoms with Crippen LogP contribution in [0.15, 0.2) is 24.3 Å². The number of carboxylic acids is 1. The van der Waals surface area contributed by atoms with Crippen LogP contribution in [-0.4, -0.2) is 24.2 Å². The first-order valence-corrected chi connectivity index (χ1v) is 6.11. The van der Waals surface area contributed by atoms with Crippen molar-refractivity contribution in [2.24, 2.45) is 5.92 Å². The predicted octanol–water partition coefficient (Wildman–Crippen LogP) is 2.28. The smallest absolute Gasteiger partial charge is 0.304 e. The van der Waals surface area contributed by atoms with E-state index in [1.165, 1.54) is 0 Å². The van der Waals surface area contributed by atoms with Crippen molar-refractivity contribution in [1.82, 2.24) is 5.32 Å². The minimum atomic E-state index is -0.768. The second-order valence-corrected chi connectivity index (χ2v) is 4.68. The first-order chi connectivity index (χ1) is 8.52. The highest BCUT2D eigenvalue weighted by atomic mass is 16.5. The Morgan fingerprint density at radius 2 is 1.94 bits per heavy atom. The predicted molar refractivity (Wildman–Crippen MR) is 70.7 cm³/mol. The molecule has 0 bridgehead atoms. The summed E-state index contributed by atoms with van der Waals surface area (Å²) in [7, 11) is 1.63. The Kier molecular flexibility index (Phi) is 5.65. The molecule has 0 aromatic heterocycles. The van der Waals surface area contributed by atoms with Gasteiger partial charge in [0.15, 0.2) is 0 Å². The van der Waals surface area contributed by atoms with Gasteiger partial charge in [-0.1, -0.05) is 26.0 Å². The Morgan fingerprint density at radius 3 is 2.39 bits per heavy atom. The van der Waals surface area contributed by atoms with Crippen LogP contribution in [0.3, 0.4) is 0 Å². The van der Waals surface area contributed by atoms with Crippen molar-refractivity contribution < 1.29 is 14.6 Å². The number of aliphatic carboxylic acids is 1. The van der Waals surface area contributed by atoms with E-state index in [0.29, 0.717) is 12.5 Å². The number of hydrogen-bond donors (Lipinski definition) is 2. The molecule has 0 spiro atoms. The summed E-state index contributed by atoms with van der Waals surface area (Å²) in [5, 5.41) is 12.1. The quantitative estimate of drug-likeness (QED) is 0.780. The molecule has 4 heteroatoms. The number of carbonyl (C=O) groups is 1. The molecule has 0 saturated heterocycles. The fourth-order valence-corrected chi connectivity index (χ4v) is 1.72. The van der Waals surface area contributed by atoms with E-state index in [4.69, 9.17) is 9.84 Å². The van der Waals surface area contributed by atoms with Gasteiger partial charge >= 0.3 is 5.97 Å². The Balaban J connectivity index is 2.52. The van der Waals surface area contributed by atoms with Crippen LogP contribution in [0.2, 0.25) is 0 Å². The summed E-state index contributed by atoms with van der Waals surface area (Å²) >= 11 is 0. The second kappa shape index (κ2) is 7.01. The largest absolute Gasteiger partial charge is 0.497 e. The van der Waals surface area contributed by atoms with Crippen molar-refractivity contribution >= 4 is 5.97 Å². The van der Waals surface area contributed by atoms with Crippen molar-refractivity contribution in [3.63, 3.8) is 0 Å². The molecule has 1 atom stereocenters. The fraction of sp³-hybridized carbons (Fsp3) is 0.500. The molecule has 18 heavy (non-hydrogen) atoms. The van der Waals surface area contributed by atoms with Crippen molar-refractivity contribution in [3.05, 3.63) is 29.8 Å². The average Bonchev–Trinajstić information content (AvgIpc) is 2.34. The van der Waals surface area contributed by atoms with Gasteiger partial charge in [-0.25, -0.2) is 0 Å². The maximum Gasteiger partial charge on any atom is 0.304 e. The summed E-state index contributed by atoms with van der Waals surface area (Å²) in [6, 6.07) is 7.75. The first kappa shape index (κ1) is 14.5. The highest BCUT2D eigenvalue weighted by molar-refractivity contribution is 5.67. The van der Waals surface area contributed by atoms with Crippen LogP contribution in [0.4, 0.5) is 0 Å². The molecule has 2 N–H and O–H groups in total. The molecule has 1 aromatic rings. The van der Waals surface area contributed by atoms with Gasteiger partial charge in [0.25, 0.3) is 0 Å². The van der Waals surface area contributed by atoms with Crippen LogP contribution < -0.4 is 10.1 Å². The summed E-state index contributed by atoms with van der Waals surface area (Å²) < 4.78 is 5.09. The third-order valence-corrected chi connectivity index (χ3v) is 2.93. The third kappa shape index (κ3) is 4.75. The molecule has 0 aliphatic carbocycles. The van der Waals surface area contributed by atoms with Gasteiger partial charge in [0, 0.05) is 12.6 Å². The highest BCUT2D eigenvalue weighted by Gasteiger charge is 2.16. The Labute approximate surface area is 108 Å². The van der Waals surface area contributed by atoms with Crippen molar-refractivity contribution in [2.45, 2.75) is 32.9 Å². The minimum absolute atomic E-state index is 0.00963. The Bertz CT molecular complexity index is 373. The van der Waals surface area contributed by atoms with Crippen molar-refractivity contribution in [2.75, 3.05) is 7.11 Å². The third-order valence-electron chi connectivity index (χ3n) is 2.93. The monoisotopic (exact) mass is 251 g/mol. The number of hydrogen-bond acceptors (Lipinski definition) is 3. The maximum atomic E-state index is 10.8. The normalized spacial score (nSPS) is 12.4. The van der Waals surface area contributed by atoms with Crippen molar-refractivity contribution in [1.29, 1.82) is 0 Å². The zero-order valence-corrected chi connectivity index (χ0v) is 11.1.